The molecule has 1 atom stereocenters. The number of hydrogen-bond donors (Lipinski definition) is 2. The van der Waals surface area contributed by atoms with Crippen molar-refractivity contribution >= 4 is 17.3 Å². The van der Waals surface area contributed by atoms with Crippen LogP contribution in [0.3, 0.4) is 0 Å². The molecule has 0 radical (unpaired) electrons. The zero-order chi connectivity index (χ0) is 20.2. The minimum absolute atomic E-state index is 0.0813. The lowest BCUT2D eigenvalue weighted by Crippen LogP contribution is -2.27. The Kier molecular flexibility index (Phi) is 6.97. The number of aliphatic hydroxyl groups is 1. The van der Waals surface area contributed by atoms with Crippen LogP contribution in [0.15, 0.2) is 36.4 Å². The maximum absolute atomic E-state index is 13.1. The van der Waals surface area contributed by atoms with E-state index in [9.17, 15) is 18.3 Å². The number of aliphatic hydroxyl groups excluding tert-OH is 1. The van der Waals surface area contributed by atoms with Crippen molar-refractivity contribution in [1.82, 2.24) is 4.90 Å². The molecule has 0 fully saturated rings. The molecule has 0 aliphatic heterocycles. The fourth-order valence-electron chi connectivity index (χ4n) is 2.67. The Labute approximate surface area is 161 Å². The van der Waals surface area contributed by atoms with E-state index < -0.39 is 23.5 Å². The van der Waals surface area contributed by atoms with E-state index in [0.717, 1.165) is 23.8 Å². The second kappa shape index (κ2) is 8.82. The van der Waals surface area contributed by atoms with Crippen LogP contribution in [0.25, 0.3) is 0 Å². The monoisotopic (exact) mass is 402 g/mol. The molecule has 148 valence electrons. The Morgan fingerprint density at radius 2 is 1.85 bits per heavy atom. The summed E-state index contributed by atoms with van der Waals surface area (Å²) in [6.07, 6.45) is -5.03. The summed E-state index contributed by atoms with van der Waals surface area (Å²) < 4.78 is 44.3. The highest BCUT2D eigenvalue weighted by Gasteiger charge is 2.34. The number of nitrogens with two attached hydrogens (primary N) is 1. The van der Waals surface area contributed by atoms with Crippen molar-refractivity contribution in [2.24, 2.45) is 0 Å². The topological polar surface area (TPSA) is 58.7 Å². The molecule has 4 nitrogen and oxygen atoms in total. The fraction of sp³-hybridized carbons (Fsp3) is 0.368. The van der Waals surface area contributed by atoms with Crippen molar-refractivity contribution in [3.05, 3.63) is 58.1 Å². The number of benzene rings is 2. The van der Waals surface area contributed by atoms with Gasteiger partial charge < -0.3 is 20.5 Å². The Hall–Kier alpha value is -1.96. The number of ether oxygens (including phenoxy) is 1. The van der Waals surface area contributed by atoms with Gasteiger partial charge in [0.15, 0.2) is 0 Å². The van der Waals surface area contributed by atoms with Gasteiger partial charge in [0, 0.05) is 13.1 Å². The number of halogens is 4. The highest BCUT2D eigenvalue weighted by atomic mass is 35.5. The highest BCUT2D eigenvalue weighted by Crippen LogP contribution is 2.39. The summed E-state index contributed by atoms with van der Waals surface area (Å²) in [5.41, 5.74) is 5.02. The smallest absolute Gasteiger partial charge is 0.418 e. The standard InChI is InChI=1S/C19H22ClF3N2O2/c1-25(8-7-12-3-5-14(27-2)6-4-12)11-17(26)13-9-15(19(21,22)23)18(24)16(20)10-13/h3-6,9-10,17,26H,7-8,11,24H2,1-2H3. The van der Waals surface area contributed by atoms with Crippen molar-refractivity contribution in [2.45, 2.75) is 18.7 Å². The third kappa shape index (κ3) is 5.76. The van der Waals surface area contributed by atoms with Crippen LogP contribution in [0.1, 0.15) is 22.8 Å². The van der Waals surface area contributed by atoms with E-state index in [4.69, 9.17) is 22.1 Å². The summed E-state index contributed by atoms with van der Waals surface area (Å²) in [6.45, 7) is 0.784. The molecule has 27 heavy (non-hydrogen) atoms. The molecular weight excluding hydrogens is 381 g/mol. The zero-order valence-electron chi connectivity index (χ0n) is 15.1. The van der Waals surface area contributed by atoms with E-state index in [1.807, 2.05) is 29.2 Å². The molecule has 0 bridgehead atoms. The van der Waals surface area contributed by atoms with E-state index in [2.05, 4.69) is 0 Å². The summed E-state index contributed by atoms with van der Waals surface area (Å²) >= 11 is 5.81. The molecule has 0 aliphatic rings. The lowest BCUT2D eigenvalue weighted by atomic mass is 10.0. The maximum atomic E-state index is 13.1. The SMILES string of the molecule is COc1ccc(CCN(C)CC(O)c2cc(Cl)c(N)c(C(F)(F)F)c2)cc1. The average molecular weight is 403 g/mol. The minimum atomic E-state index is -4.64. The molecule has 0 aliphatic carbocycles. The van der Waals surface area contributed by atoms with Gasteiger partial charge in [-0.3, -0.25) is 0 Å². The first-order valence-electron chi connectivity index (χ1n) is 8.27. The van der Waals surface area contributed by atoms with Crippen LogP contribution in [-0.4, -0.2) is 37.3 Å². The van der Waals surface area contributed by atoms with Gasteiger partial charge in [-0.1, -0.05) is 23.7 Å². The molecule has 8 heteroatoms. The normalized spacial score (nSPS) is 13.0. The van der Waals surface area contributed by atoms with E-state index >= 15 is 0 Å². The van der Waals surface area contributed by atoms with Gasteiger partial charge in [0.2, 0.25) is 0 Å². The maximum Gasteiger partial charge on any atom is 0.418 e. The van der Waals surface area contributed by atoms with Gasteiger partial charge in [0.05, 0.1) is 29.5 Å². The molecule has 3 N–H and O–H groups in total. The summed E-state index contributed by atoms with van der Waals surface area (Å²) in [5, 5.41) is 10.1. The van der Waals surface area contributed by atoms with Crippen molar-refractivity contribution in [1.29, 1.82) is 0 Å². The van der Waals surface area contributed by atoms with Gasteiger partial charge in [-0.05, 0) is 48.9 Å². The molecule has 0 saturated carbocycles. The minimum Gasteiger partial charge on any atom is -0.497 e. The third-order valence-electron chi connectivity index (χ3n) is 4.27. The van der Waals surface area contributed by atoms with Crippen LogP contribution < -0.4 is 10.5 Å². The summed E-state index contributed by atoms with van der Waals surface area (Å²) in [6, 6.07) is 9.73. The molecule has 2 aromatic rings. The van der Waals surface area contributed by atoms with Gasteiger partial charge >= 0.3 is 6.18 Å². The van der Waals surface area contributed by atoms with E-state index in [0.29, 0.717) is 6.54 Å². The van der Waals surface area contributed by atoms with Gasteiger partial charge in [-0.25, -0.2) is 0 Å². The highest BCUT2D eigenvalue weighted by molar-refractivity contribution is 6.33. The average Bonchev–Trinajstić information content (AvgIpc) is 2.61. The third-order valence-corrected chi connectivity index (χ3v) is 4.58. The van der Waals surface area contributed by atoms with Crippen molar-refractivity contribution in [2.75, 3.05) is 33.0 Å². The van der Waals surface area contributed by atoms with E-state index in [1.165, 1.54) is 6.07 Å². The molecule has 0 heterocycles. The number of anilines is 1. The molecule has 0 spiro atoms. The number of rotatable bonds is 7. The van der Waals surface area contributed by atoms with Crippen LogP contribution >= 0.6 is 11.6 Å². The van der Waals surface area contributed by atoms with Gasteiger partial charge in [-0.15, -0.1) is 0 Å². The summed E-state index contributed by atoms with van der Waals surface area (Å²) in [4.78, 5) is 1.84. The molecule has 0 amide bonds. The number of nitrogens with zero attached hydrogens (tertiary/aromatic N) is 1. The lowest BCUT2D eigenvalue weighted by Gasteiger charge is -2.22. The Morgan fingerprint density at radius 1 is 1.22 bits per heavy atom. The number of methoxy groups -OCH3 is 1. The van der Waals surface area contributed by atoms with Gasteiger partial charge in [-0.2, -0.15) is 13.2 Å². The van der Waals surface area contributed by atoms with Crippen LogP contribution in [0.4, 0.5) is 18.9 Å². The quantitative estimate of drug-likeness (QED) is 0.683. The van der Waals surface area contributed by atoms with Crippen molar-refractivity contribution in [3.63, 3.8) is 0 Å². The Bertz CT molecular complexity index is 767. The Morgan fingerprint density at radius 3 is 2.41 bits per heavy atom. The molecular formula is C19H22ClF3N2O2. The molecule has 2 aromatic carbocycles. The summed E-state index contributed by atoms with van der Waals surface area (Å²) in [5.74, 6) is 0.767. The fourth-order valence-corrected chi connectivity index (χ4v) is 2.90. The molecule has 2 rings (SSSR count). The summed E-state index contributed by atoms with van der Waals surface area (Å²) in [7, 11) is 3.38. The molecule has 0 aromatic heterocycles. The largest absolute Gasteiger partial charge is 0.497 e. The zero-order valence-corrected chi connectivity index (χ0v) is 15.8. The van der Waals surface area contributed by atoms with Crippen LogP contribution in [-0.2, 0) is 12.6 Å². The number of nitrogen functional groups attached to an aromatic ring is 1. The van der Waals surface area contributed by atoms with Crippen molar-refractivity contribution in [3.8, 4) is 5.75 Å². The van der Waals surface area contributed by atoms with Gasteiger partial charge in [0.1, 0.15) is 5.75 Å². The van der Waals surface area contributed by atoms with E-state index in [1.54, 1.807) is 14.2 Å². The first-order valence-corrected chi connectivity index (χ1v) is 8.65. The second-order valence-electron chi connectivity index (χ2n) is 6.34. The predicted molar refractivity (Wildman–Crippen MR) is 100 cm³/mol. The molecule has 1 unspecified atom stereocenters. The van der Waals surface area contributed by atoms with Crippen LogP contribution in [0.5, 0.6) is 5.75 Å². The second-order valence-corrected chi connectivity index (χ2v) is 6.75. The number of likely N-dealkylation sites (N-methyl/N-ethyl adjacent to an activating group) is 1. The van der Waals surface area contributed by atoms with E-state index in [-0.39, 0.29) is 17.1 Å². The van der Waals surface area contributed by atoms with Gasteiger partial charge in [0.25, 0.3) is 0 Å². The van der Waals surface area contributed by atoms with Crippen LogP contribution in [0.2, 0.25) is 5.02 Å². The first kappa shape index (κ1) is 21.3. The number of hydrogen-bond acceptors (Lipinski definition) is 4. The number of alkyl halides is 3. The predicted octanol–water partition coefficient (Wildman–Crippen LogP) is 4.16. The van der Waals surface area contributed by atoms with Crippen LogP contribution in [0, 0.1) is 0 Å². The lowest BCUT2D eigenvalue weighted by molar-refractivity contribution is -0.137. The molecule has 0 saturated heterocycles. The Balaban J connectivity index is 2.01. The van der Waals surface area contributed by atoms with Crippen molar-refractivity contribution < 1.29 is 23.0 Å². The first-order chi connectivity index (χ1) is 12.6.